The zero-order valence-corrected chi connectivity index (χ0v) is 8.50. The van der Waals surface area contributed by atoms with Gasteiger partial charge in [-0.05, 0) is 18.5 Å². The van der Waals surface area contributed by atoms with Crippen molar-refractivity contribution < 1.29 is 10.2 Å². The molecule has 0 radical (unpaired) electrons. The van der Waals surface area contributed by atoms with Crippen LogP contribution in [-0.4, -0.2) is 41.4 Å². The predicted octanol–water partition coefficient (Wildman–Crippen LogP) is 0.533. The SMILES string of the molecule is CN(Cc1cccs1)CC(O)CO. The van der Waals surface area contributed by atoms with Crippen molar-refractivity contribution in [3.05, 3.63) is 22.4 Å². The fourth-order valence-corrected chi connectivity index (χ4v) is 1.93. The molecule has 4 heteroatoms. The Morgan fingerprint density at radius 1 is 1.62 bits per heavy atom. The van der Waals surface area contributed by atoms with Crippen molar-refractivity contribution >= 4 is 11.3 Å². The molecule has 0 fully saturated rings. The maximum absolute atomic E-state index is 9.17. The van der Waals surface area contributed by atoms with Gasteiger partial charge in [0.05, 0.1) is 12.7 Å². The molecule has 1 heterocycles. The van der Waals surface area contributed by atoms with E-state index >= 15 is 0 Å². The Balaban J connectivity index is 2.29. The number of hydrogen-bond acceptors (Lipinski definition) is 4. The van der Waals surface area contributed by atoms with E-state index in [4.69, 9.17) is 10.2 Å². The number of rotatable bonds is 5. The maximum Gasteiger partial charge on any atom is 0.0897 e. The van der Waals surface area contributed by atoms with E-state index in [0.29, 0.717) is 6.54 Å². The van der Waals surface area contributed by atoms with Gasteiger partial charge in [-0.1, -0.05) is 6.07 Å². The molecule has 0 spiro atoms. The average Bonchev–Trinajstić information content (AvgIpc) is 2.56. The van der Waals surface area contributed by atoms with E-state index < -0.39 is 6.10 Å². The topological polar surface area (TPSA) is 43.7 Å². The van der Waals surface area contributed by atoms with Gasteiger partial charge >= 0.3 is 0 Å². The van der Waals surface area contributed by atoms with E-state index in [1.165, 1.54) is 4.88 Å². The van der Waals surface area contributed by atoms with Crippen molar-refractivity contribution in [1.29, 1.82) is 0 Å². The number of aliphatic hydroxyl groups is 2. The second-order valence-electron chi connectivity index (χ2n) is 3.11. The van der Waals surface area contributed by atoms with Crippen molar-refractivity contribution in [1.82, 2.24) is 4.90 Å². The van der Waals surface area contributed by atoms with Gasteiger partial charge in [0, 0.05) is 18.0 Å². The van der Waals surface area contributed by atoms with Crippen molar-refractivity contribution in [2.75, 3.05) is 20.2 Å². The summed E-state index contributed by atoms with van der Waals surface area (Å²) in [7, 11) is 1.93. The van der Waals surface area contributed by atoms with E-state index in [9.17, 15) is 0 Å². The normalized spacial score (nSPS) is 13.5. The second-order valence-corrected chi connectivity index (χ2v) is 4.14. The minimum Gasteiger partial charge on any atom is -0.394 e. The Morgan fingerprint density at radius 2 is 2.38 bits per heavy atom. The predicted molar refractivity (Wildman–Crippen MR) is 53.7 cm³/mol. The van der Waals surface area contributed by atoms with Crippen LogP contribution in [-0.2, 0) is 6.54 Å². The summed E-state index contributed by atoms with van der Waals surface area (Å²) in [6, 6.07) is 4.07. The Kier molecular flexibility index (Phi) is 4.38. The van der Waals surface area contributed by atoms with Crippen molar-refractivity contribution in [3.63, 3.8) is 0 Å². The zero-order chi connectivity index (χ0) is 9.68. The van der Waals surface area contributed by atoms with Gasteiger partial charge < -0.3 is 10.2 Å². The molecule has 1 atom stereocenters. The molecule has 0 bridgehead atoms. The lowest BCUT2D eigenvalue weighted by Gasteiger charge is -2.18. The molecule has 1 aromatic rings. The molecule has 0 aromatic carbocycles. The summed E-state index contributed by atoms with van der Waals surface area (Å²) in [5.41, 5.74) is 0. The molecular weight excluding hydrogens is 186 g/mol. The number of nitrogens with zero attached hydrogens (tertiary/aromatic N) is 1. The number of likely N-dealkylation sites (N-methyl/N-ethyl adjacent to an activating group) is 1. The van der Waals surface area contributed by atoms with E-state index in [1.807, 2.05) is 23.4 Å². The Labute approximate surface area is 82.2 Å². The van der Waals surface area contributed by atoms with Crippen molar-refractivity contribution in [2.24, 2.45) is 0 Å². The third kappa shape index (κ3) is 3.87. The molecule has 2 N–H and O–H groups in total. The minimum absolute atomic E-state index is 0.172. The molecule has 1 aromatic heterocycles. The number of aliphatic hydroxyl groups excluding tert-OH is 2. The van der Waals surface area contributed by atoms with Crippen LogP contribution in [0.2, 0.25) is 0 Å². The molecule has 0 aliphatic carbocycles. The molecule has 0 aliphatic heterocycles. The Hall–Kier alpha value is -0.420. The van der Waals surface area contributed by atoms with E-state index in [2.05, 4.69) is 6.07 Å². The summed E-state index contributed by atoms with van der Waals surface area (Å²) < 4.78 is 0. The molecule has 1 unspecified atom stereocenters. The molecule has 0 saturated carbocycles. The van der Waals surface area contributed by atoms with Gasteiger partial charge in [0.15, 0.2) is 0 Å². The largest absolute Gasteiger partial charge is 0.394 e. The molecule has 1 rings (SSSR count). The molecule has 0 amide bonds. The molecule has 13 heavy (non-hydrogen) atoms. The summed E-state index contributed by atoms with van der Waals surface area (Å²) in [5, 5.41) is 19.8. The van der Waals surface area contributed by atoms with Gasteiger partial charge in [0.1, 0.15) is 0 Å². The number of hydrogen-bond donors (Lipinski definition) is 2. The first kappa shape index (κ1) is 10.7. The van der Waals surface area contributed by atoms with Gasteiger partial charge in [-0.25, -0.2) is 0 Å². The molecule has 3 nitrogen and oxygen atoms in total. The second kappa shape index (κ2) is 5.34. The monoisotopic (exact) mass is 201 g/mol. The highest BCUT2D eigenvalue weighted by molar-refractivity contribution is 7.09. The van der Waals surface area contributed by atoms with Gasteiger partial charge in [-0.15, -0.1) is 11.3 Å². The fraction of sp³-hybridized carbons (Fsp3) is 0.556. The van der Waals surface area contributed by atoms with Crippen LogP contribution in [0.1, 0.15) is 4.88 Å². The Bertz CT molecular complexity index is 226. The number of thiophene rings is 1. The zero-order valence-electron chi connectivity index (χ0n) is 7.68. The smallest absolute Gasteiger partial charge is 0.0897 e. The first-order chi connectivity index (χ1) is 6.22. The van der Waals surface area contributed by atoms with E-state index in [0.717, 1.165) is 6.54 Å². The van der Waals surface area contributed by atoms with Crippen LogP contribution in [0.4, 0.5) is 0 Å². The highest BCUT2D eigenvalue weighted by Crippen LogP contribution is 2.10. The van der Waals surface area contributed by atoms with Crippen LogP contribution in [0.5, 0.6) is 0 Å². The van der Waals surface area contributed by atoms with Gasteiger partial charge in [-0.3, -0.25) is 4.90 Å². The first-order valence-electron chi connectivity index (χ1n) is 4.22. The quantitative estimate of drug-likeness (QED) is 0.730. The lowest BCUT2D eigenvalue weighted by Crippen LogP contribution is -2.30. The average molecular weight is 201 g/mol. The molecule has 74 valence electrons. The summed E-state index contributed by atoms with van der Waals surface area (Å²) in [6.45, 7) is 1.16. The fourth-order valence-electron chi connectivity index (χ4n) is 1.15. The van der Waals surface area contributed by atoms with E-state index in [1.54, 1.807) is 11.3 Å². The van der Waals surface area contributed by atoms with Gasteiger partial charge in [-0.2, -0.15) is 0 Å². The summed E-state index contributed by atoms with van der Waals surface area (Å²) in [6.07, 6.45) is -0.634. The molecule has 0 aliphatic rings. The lowest BCUT2D eigenvalue weighted by atomic mass is 10.3. The van der Waals surface area contributed by atoms with Gasteiger partial charge in [0.2, 0.25) is 0 Å². The van der Waals surface area contributed by atoms with E-state index in [-0.39, 0.29) is 6.61 Å². The third-order valence-electron chi connectivity index (χ3n) is 1.74. The standard InChI is InChI=1S/C9H15NO2S/c1-10(5-8(12)7-11)6-9-3-2-4-13-9/h2-4,8,11-12H,5-7H2,1H3. The summed E-state index contributed by atoms with van der Waals surface area (Å²) in [4.78, 5) is 3.26. The highest BCUT2D eigenvalue weighted by atomic mass is 32.1. The highest BCUT2D eigenvalue weighted by Gasteiger charge is 2.07. The van der Waals surface area contributed by atoms with Crippen LogP contribution in [0, 0.1) is 0 Å². The van der Waals surface area contributed by atoms with Crippen LogP contribution in [0.3, 0.4) is 0 Å². The first-order valence-corrected chi connectivity index (χ1v) is 5.10. The molecule has 0 saturated heterocycles. The Morgan fingerprint density at radius 3 is 2.92 bits per heavy atom. The minimum atomic E-state index is -0.634. The summed E-state index contributed by atoms with van der Waals surface area (Å²) in [5.74, 6) is 0. The van der Waals surface area contributed by atoms with Crippen LogP contribution in [0.15, 0.2) is 17.5 Å². The summed E-state index contributed by atoms with van der Waals surface area (Å²) >= 11 is 1.70. The van der Waals surface area contributed by atoms with Crippen LogP contribution < -0.4 is 0 Å². The van der Waals surface area contributed by atoms with Crippen LogP contribution >= 0.6 is 11.3 Å². The third-order valence-corrected chi connectivity index (χ3v) is 2.60. The van der Waals surface area contributed by atoms with Crippen molar-refractivity contribution in [2.45, 2.75) is 12.6 Å². The maximum atomic E-state index is 9.17. The van der Waals surface area contributed by atoms with Crippen LogP contribution in [0.25, 0.3) is 0 Å². The molecular formula is C9H15NO2S. The van der Waals surface area contributed by atoms with Crippen molar-refractivity contribution in [3.8, 4) is 0 Å². The lowest BCUT2D eigenvalue weighted by molar-refractivity contribution is 0.0650. The van der Waals surface area contributed by atoms with Gasteiger partial charge in [0.25, 0.3) is 0 Å².